The molecular weight excluding hydrogens is 328 g/mol. The van der Waals surface area contributed by atoms with Gasteiger partial charge in [-0.15, -0.1) is 0 Å². The second-order valence-electron chi connectivity index (χ2n) is 6.55. The molecule has 132 valence electrons. The first-order chi connectivity index (χ1) is 11.6. The van der Waals surface area contributed by atoms with Gasteiger partial charge in [-0.1, -0.05) is 24.9 Å². The van der Waals surface area contributed by atoms with Crippen molar-refractivity contribution in [3.8, 4) is 11.5 Å². The predicted molar refractivity (Wildman–Crippen MR) is 95.1 cm³/mol. The highest BCUT2D eigenvalue weighted by Crippen LogP contribution is 2.37. The van der Waals surface area contributed by atoms with Gasteiger partial charge in [0.15, 0.2) is 11.5 Å². The number of ether oxygens (including phenoxy) is 2. The summed E-state index contributed by atoms with van der Waals surface area (Å²) in [7, 11) is 0. The zero-order valence-corrected chi connectivity index (χ0v) is 15.1. The van der Waals surface area contributed by atoms with Crippen LogP contribution in [-0.4, -0.2) is 43.2 Å². The van der Waals surface area contributed by atoms with Gasteiger partial charge in [0.05, 0.1) is 30.5 Å². The van der Waals surface area contributed by atoms with E-state index in [9.17, 15) is 4.79 Å². The lowest BCUT2D eigenvalue weighted by Gasteiger charge is -2.23. The quantitative estimate of drug-likeness (QED) is 0.900. The Labute approximate surface area is 148 Å². The zero-order chi connectivity index (χ0) is 17.1. The molecule has 1 saturated heterocycles. The van der Waals surface area contributed by atoms with E-state index in [2.05, 4.69) is 24.1 Å². The van der Waals surface area contributed by atoms with Crippen LogP contribution in [0.4, 0.5) is 5.69 Å². The Morgan fingerprint density at radius 3 is 2.71 bits per heavy atom. The molecule has 1 aromatic carbocycles. The van der Waals surface area contributed by atoms with Crippen molar-refractivity contribution in [2.24, 2.45) is 5.92 Å². The molecule has 24 heavy (non-hydrogen) atoms. The summed E-state index contributed by atoms with van der Waals surface area (Å²) < 4.78 is 11.3. The minimum absolute atomic E-state index is 0.0463. The maximum atomic E-state index is 12.4. The Bertz CT molecular complexity index is 608. The zero-order valence-electron chi connectivity index (χ0n) is 14.3. The van der Waals surface area contributed by atoms with Crippen LogP contribution in [0, 0.1) is 5.92 Å². The molecule has 0 spiro atoms. The third kappa shape index (κ3) is 3.78. The molecular formula is C18H25ClN2O3. The predicted octanol–water partition coefficient (Wildman–Crippen LogP) is 3.56. The van der Waals surface area contributed by atoms with E-state index in [4.69, 9.17) is 21.1 Å². The number of rotatable bonds is 4. The van der Waals surface area contributed by atoms with E-state index in [1.165, 1.54) is 0 Å². The van der Waals surface area contributed by atoms with Crippen LogP contribution in [0.2, 0.25) is 5.02 Å². The number of amides is 1. The van der Waals surface area contributed by atoms with Crippen LogP contribution in [0.1, 0.15) is 33.1 Å². The standard InChI is InChI=1S/C18H25ClN2O3/c1-3-13-5-6-21(12(13)2)11-18(22)20-15-10-17-16(9-14(15)19)23-7-4-8-24-17/h9-10,12-13H,3-8,11H2,1-2H3,(H,20,22)/t12-,13-/m1/s1. The number of nitrogens with zero attached hydrogens (tertiary/aromatic N) is 1. The van der Waals surface area contributed by atoms with Gasteiger partial charge in [0, 0.05) is 24.6 Å². The van der Waals surface area contributed by atoms with Gasteiger partial charge in [0.1, 0.15) is 0 Å². The topological polar surface area (TPSA) is 50.8 Å². The Balaban J connectivity index is 1.65. The minimum Gasteiger partial charge on any atom is -0.490 e. The SMILES string of the molecule is CC[C@@H]1CCN(CC(=O)Nc2cc3c(cc2Cl)OCCCO3)[C@@H]1C. The third-order valence-electron chi connectivity index (χ3n) is 5.03. The van der Waals surface area contributed by atoms with E-state index in [1.54, 1.807) is 12.1 Å². The fourth-order valence-electron chi connectivity index (χ4n) is 3.50. The molecule has 2 heterocycles. The van der Waals surface area contributed by atoms with Crippen molar-refractivity contribution in [2.45, 2.75) is 39.2 Å². The molecule has 0 bridgehead atoms. The van der Waals surface area contributed by atoms with E-state index < -0.39 is 0 Å². The van der Waals surface area contributed by atoms with Crippen molar-refractivity contribution >= 4 is 23.2 Å². The number of halogens is 1. The summed E-state index contributed by atoms with van der Waals surface area (Å²) in [5.74, 6) is 1.90. The van der Waals surface area contributed by atoms with Crippen molar-refractivity contribution < 1.29 is 14.3 Å². The van der Waals surface area contributed by atoms with Gasteiger partial charge in [-0.3, -0.25) is 9.69 Å². The first-order valence-corrected chi connectivity index (χ1v) is 9.09. The number of anilines is 1. The highest BCUT2D eigenvalue weighted by atomic mass is 35.5. The van der Waals surface area contributed by atoms with E-state index in [-0.39, 0.29) is 5.91 Å². The van der Waals surface area contributed by atoms with Gasteiger partial charge >= 0.3 is 0 Å². The average Bonchev–Trinajstić information content (AvgIpc) is 2.76. The lowest BCUT2D eigenvalue weighted by molar-refractivity contribution is -0.117. The summed E-state index contributed by atoms with van der Waals surface area (Å²) >= 11 is 6.29. The molecule has 0 aliphatic carbocycles. The maximum absolute atomic E-state index is 12.4. The largest absolute Gasteiger partial charge is 0.490 e. The first-order valence-electron chi connectivity index (χ1n) is 8.71. The number of fused-ring (bicyclic) bond motifs is 1. The molecule has 1 fully saturated rings. The van der Waals surface area contributed by atoms with Gasteiger partial charge in [-0.05, 0) is 25.8 Å². The van der Waals surface area contributed by atoms with Gasteiger partial charge < -0.3 is 14.8 Å². The normalized spacial score (nSPS) is 23.8. The van der Waals surface area contributed by atoms with Crippen molar-refractivity contribution in [1.29, 1.82) is 0 Å². The van der Waals surface area contributed by atoms with Crippen LogP contribution in [0.15, 0.2) is 12.1 Å². The van der Waals surface area contributed by atoms with Crippen LogP contribution >= 0.6 is 11.6 Å². The first kappa shape index (κ1) is 17.4. The average molecular weight is 353 g/mol. The smallest absolute Gasteiger partial charge is 0.238 e. The molecule has 2 aliphatic heterocycles. The Morgan fingerprint density at radius 1 is 1.33 bits per heavy atom. The second kappa shape index (κ2) is 7.62. The second-order valence-corrected chi connectivity index (χ2v) is 6.95. The van der Waals surface area contributed by atoms with Gasteiger partial charge in [0.25, 0.3) is 0 Å². The van der Waals surface area contributed by atoms with Crippen molar-refractivity contribution in [3.63, 3.8) is 0 Å². The minimum atomic E-state index is -0.0463. The van der Waals surface area contributed by atoms with Crippen LogP contribution in [-0.2, 0) is 4.79 Å². The van der Waals surface area contributed by atoms with Crippen LogP contribution in [0.25, 0.3) is 0 Å². The molecule has 1 aromatic rings. The van der Waals surface area contributed by atoms with E-state index in [0.29, 0.717) is 53.9 Å². The van der Waals surface area contributed by atoms with E-state index in [0.717, 1.165) is 25.8 Å². The molecule has 0 unspecified atom stereocenters. The molecule has 1 amide bonds. The molecule has 2 atom stereocenters. The lowest BCUT2D eigenvalue weighted by Crippen LogP contribution is -2.37. The molecule has 0 radical (unpaired) electrons. The number of carbonyl (C=O) groups excluding carboxylic acids is 1. The fourth-order valence-corrected chi connectivity index (χ4v) is 3.70. The summed E-state index contributed by atoms with van der Waals surface area (Å²) in [5.41, 5.74) is 0.574. The summed E-state index contributed by atoms with van der Waals surface area (Å²) in [6.45, 7) is 6.99. The molecule has 0 aromatic heterocycles. The fraction of sp³-hybridized carbons (Fsp3) is 0.611. The van der Waals surface area contributed by atoms with Gasteiger partial charge in [-0.2, -0.15) is 0 Å². The molecule has 2 aliphatic rings. The van der Waals surface area contributed by atoms with Crippen LogP contribution in [0.3, 0.4) is 0 Å². The molecule has 3 rings (SSSR count). The molecule has 5 nitrogen and oxygen atoms in total. The highest BCUT2D eigenvalue weighted by molar-refractivity contribution is 6.34. The molecule has 0 saturated carbocycles. The summed E-state index contributed by atoms with van der Waals surface area (Å²) in [5, 5.41) is 3.38. The maximum Gasteiger partial charge on any atom is 0.238 e. The van der Waals surface area contributed by atoms with Gasteiger partial charge in [-0.25, -0.2) is 0 Å². The van der Waals surface area contributed by atoms with Crippen molar-refractivity contribution in [3.05, 3.63) is 17.2 Å². The van der Waals surface area contributed by atoms with Crippen LogP contribution < -0.4 is 14.8 Å². The number of nitrogens with one attached hydrogen (secondary N) is 1. The monoisotopic (exact) mass is 352 g/mol. The summed E-state index contributed by atoms with van der Waals surface area (Å²) in [6.07, 6.45) is 3.16. The third-order valence-corrected chi connectivity index (χ3v) is 5.34. The molecule has 6 heteroatoms. The summed E-state index contributed by atoms with van der Waals surface area (Å²) in [6, 6.07) is 3.91. The number of hydrogen-bond acceptors (Lipinski definition) is 4. The molecule has 1 N–H and O–H groups in total. The van der Waals surface area contributed by atoms with Crippen molar-refractivity contribution in [1.82, 2.24) is 4.90 Å². The lowest BCUT2D eigenvalue weighted by atomic mass is 9.99. The highest BCUT2D eigenvalue weighted by Gasteiger charge is 2.30. The number of benzene rings is 1. The number of hydrogen-bond donors (Lipinski definition) is 1. The Kier molecular flexibility index (Phi) is 5.51. The van der Waals surface area contributed by atoms with E-state index >= 15 is 0 Å². The van der Waals surface area contributed by atoms with E-state index in [1.807, 2.05) is 0 Å². The Morgan fingerprint density at radius 2 is 2.04 bits per heavy atom. The number of carbonyl (C=O) groups is 1. The number of likely N-dealkylation sites (tertiary alicyclic amines) is 1. The Hall–Kier alpha value is -1.46. The van der Waals surface area contributed by atoms with Gasteiger partial charge in [0.2, 0.25) is 5.91 Å². The summed E-state index contributed by atoms with van der Waals surface area (Å²) in [4.78, 5) is 14.7. The van der Waals surface area contributed by atoms with Crippen LogP contribution in [0.5, 0.6) is 11.5 Å². The van der Waals surface area contributed by atoms with Crippen molar-refractivity contribution in [2.75, 3.05) is 31.6 Å².